The Labute approximate surface area is 66.2 Å². The van der Waals surface area contributed by atoms with E-state index in [4.69, 9.17) is 5.73 Å². The van der Waals surface area contributed by atoms with Crippen LogP contribution in [0.1, 0.15) is 19.0 Å². The summed E-state index contributed by atoms with van der Waals surface area (Å²) < 4.78 is 2.02. The lowest BCUT2D eigenvalue weighted by Crippen LogP contribution is -2.18. The summed E-state index contributed by atoms with van der Waals surface area (Å²) in [5, 5.41) is 4.18. The van der Waals surface area contributed by atoms with E-state index < -0.39 is 0 Å². The molecule has 0 radical (unpaired) electrons. The highest BCUT2D eigenvalue weighted by molar-refractivity contribution is 5.41. The van der Waals surface area contributed by atoms with Gasteiger partial charge in [0.25, 0.3) is 0 Å². The quantitative estimate of drug-likeness (QED) is 0.602. The number of hydrogen-bond donors (Lipinski definition) is 1. The number of hydrogen-bond acceptors (Lipinski definition) is 2. The van der Waals surface area contributed by atoms with Gasteiger partial charge in [-0.3, -0.25) is 4.68 Å². The van der Waals surface area contributed by atoms with Crippen LogP contribution in [0.2, 0.25) is 0 Å². The Morgan fingerprint density at radius 3 is 3.36 bits per heavy atom. The van der Waals surface area contributed by atoms with Crippen molar-refractivity contribution in [2.24, 2.45) is 5.92 Å². The van der Waals surface area contributed by atoms with Gasteiger partial charge in [-0.25, -0.2) is 0 Å². The van der Waals surface area contributed by atoms with Crippen molar-refractivity contribution in [2.45, 2.75) is 26.3 Å². The number of nitrogens with two attached hydrogens (primary N) is 1. The van der Waals surface area contributed by atoms with E-state index in [-0.39, 0.29) is 0 Å². The molecular formula is C8H13N3. The normalized spacial score (nSPS) is 23.2. The second-order valence-corrected chi connectivity index (χ2v) is 3.37. The Bertz CT molecular complexity index is 264. The molecule has 2 rings (SSSR count). The summed E-state index contributed by atoms with van der Waals surface area (Å²) in [6.07, 6.45) is 4.08. The lowest BCUT2D eigenvalue weighted by atomic mass is 9.98. The predicted octanol–water partition coefficient (Wildman–Crippen LogP) is 1.05. The van der Waals surface area contributed by atoms with Crippen molar-refractivity contribution in [2.75, 3.05) is 5.73 Å². The Hall–Kier alpha value is -0.990. The van der Waals surface area contributed by atoms with Crippen LogP contribution < -0.4 is 5.73 Å². The minimum atomic E-state index is 0.765. The molecule has 2 N–H and O–H groups in total. The second-order valence-electron chi connectivity index (χ2n) is 3.37. The average Bonchev–Trinajstić information content (AvgIpc) is 2.33. The van der Waals surface area contributed by atoms with Crippen molar-refractivity contribution >= 4 is 5.69 Å². The Balaban J connectivity index is 2.37. The molecule has 3 heteroatoms. The molecule has 0 aromatic carbocycles. The average molecular weight is 151 g/mol. The van der Waals surface area contributed by atoms with Crippen LogP contribution in [0, 0.1) is 5.92 Å². The molecule has 0 amide bonds. The zero-order chi connectivity index (χ0) is 7.84. The first kappa shape index (κ1) is 6.70. The largest absolute Gasteiger partial charge is 0.396 e. The zero-order valence-electron chi connectivity index (χ0n) is 6.75. The number of anilines is 1. The van der Waals surface area contributed by atoms with Gasteiger partial charge in [0.15, 0.2) is 0 Å². The first-order valence-electron chi connectivity index (χ1n) is 4.07. The molecule has 0 aliphatic carbocycles. The third kappa shape index (κ3) is 1.00. The smallest absolute Gasteiger partial charge is 0.0733 e. The van der Waals surface area contributed by atoms with Gasteiger partial charge in [-0.1, -0.05) is 6.92 Å². The van der Waals surface area contributed by atoms with Crippen LogP contribution in [0.4, 0.5) is 5.69 Å². The maximum absolute atomic E-state index is 5.74. The summed E-state index contributed by atoms with van der Waals surface area (Å²) in [5.74, 6) is 0.765. The van der Waals surface area contributed by atoms with Gasteiger partial charge in [0.05, 0.1) is 17.6 Å². The number of aryl methyl sites for hydroxylation is 1. The minimum Gasteiger partial charge on any atom is -0.396 e. The highest BCUT2D eigenvalue weighted by atomic mass is 15.3. The maximum atomic E-state index is 5.74. The fourth-order valence-electron chi connectivity index (χ4n) is 1.62. The molecular weight excluding hydrogens is 138 g/mol. The van der Waals surface area contributed by atoms with Crippen LogP contribution in [0.25, 0.3) is 0 Å². The van der Waals surface area contributed by atoms with Crippen LogP contribution in [-0.4, -0.2) is 9.78 Å². The van der Waals surface area contributed by atoms with Gasteiger partial charge in [0, 0.05) is 6.54 Å². The lowest BCUT2D eigenvalue weighted by molar-refractivity contribution is 0.392. The molecule has 1 aromatic rings. The first-order valence-corrected chi connectivity index (χ1v) is 4.07. The van der Waals surface area contributed by atoms with Crippen molar-refractivity contribution < 1.29 is 0 Å². The molecule has 0 bridgehead atoms. The fourth-order valence-corrected chi connectivity index (χ4v) is 1.62. The molecule has 1 unspecified atom stereocenters. The van der Waals surface area contributed by atoms with E-state index in [1.165, 1.54) is 12.1 Å². The van der Waals surface area contributed by atoms with Gasteiger partial charge in [-0.15, -0.1) is 0 Å². The Morgan fingerprint density at radius 2 is 2.55 bits per heavy atom. The van der Waals surface area contributed by atoms with Crippen LogP contribution in [0.5, 0.6) is 0 Å². The number of aromatic nitrogens is 2. The molecule has 0 saturated heterocycles. The second kappa shape index (κ2) is 2.26. The molecule has 0 spiro atoms. The topological polar surface area (TPSA) is 43.8 Å². The van der Waals surface area contributed by atoms with Crippen molar-refractivity contribution in [1.29, 1.82) is 0 Å². The van der Waals surface area contributed by atoms with Crippen LogP contribution in [-0.2, 0) is 13.0 Å². The van der Waals surface area contributed by atoms with Gasteiger partial charge in [0.2, 0.25) is 0 Å². The van der Waals surface area contributed by atoms with E-state index in [1.807, 2.05) is 4.68 Å². The van der Waals surface area contributed by atoms with Crippen molar-refractivity contribution in [3.8, 4) is 0 Å². The van der Waals surface area contributed by atoms with Crippen molar-refractivity contribution in [3.05, 3.63) is 11.9 Å². The summed E-state index contributed by atoms with van der Waals surface area (Å²) in [7, 11) is 0. The van der Waals surface area contributed by atoms with Crippen LogP contribution in [0.3, 0.4) is 0 Å². The number of nitrogen functional groups attached to an aromatic ring is 1. The fraction of sp³-hybridized carbons (Fsp3) is 0.625. The molecule has 1 aliphatic rings. The van der Waals surface area contributed by atoms with Gasteiger partial charge >= 0.3 is 0 Å². The van der Waals surface area contributed by atoms with Gasteiger partial charge < -0.3 is 5.73 Å². The molecule has 60 valence electrons. The SMILES string of the molecule is CC1CCn2ncc(N)c2C1. The third-order valence-corrected chi connectivity index (χ3v) is 2.36. The van der Waals surface area contributed by atoms with E-state index in [1.54, 1.807) is 6.20 Å². The van der Waals surface area contributed by atoms with Crippen LogP contribution >= 0.6 is 0 Å². The lowest BCUT2D eigenvalue weighted by Gasteiger charge is -2.19. The molecule has 0 fully saturated rings. The third-order valence-electron chi connectivity index (χ3n) is 2.36. The minimum absolute atomic E-state index is 0.765. The van der Waals surface area contributed by atoms with E-state index in [0.717, 1.165) is 24.6 Å². The molecule has 0 saturated carbocycles. The number of fused-ring (bicyclic) bond motifs is 1. The van der Waals surface area contributed by atoms with E-state index in [0.29, 0.717) is 0 Å². The van der Waals surface area contributed by atoms with E-state index >= 15 is 0 Å². The van der Waals surface area contributed by atoms with Crippen LogP contribution in [0.15, 0.2) is 6.20 Å². The standard InChI is InChI=1S/C8H13N3/c1-6-2-3-11-8(4-6)7(9)5-10-11/h5-6H,2-4,9H2,1H3. The van der Waals surface area contributed by atoms with Gasteiger partial charge in [-0.2, -0.15) is 5.10 Å². The summed E-state index contributed by atoms with van der Waals surface area (Å²) in [6.45, 7) is 3.30. The van der Waals surface area contributed by atoms with Gasteiger partial charge in [-0.05, 0) is 18.8 Å². The highest BCUT2D eigenvalue weighted by Crippen LogP contribution is 2.23. The van der Waals surface area contributed by atoms with Crippen molar-refractivity contribution in [1.82, 2.24) is 9.78 Å². The summed E-state index contributed by atoms with van der Waals surface area (Å²) in [4.78, 5) is 0. The Morgan fingerprint density at radius 1 is 1.73 bits per heavy atom. The summed E-state index contributed by atoms with van der Waals surface area (Å²) in [5.41, 5.74) is 7.82. The molecule has 1 aliphatic heterocycles. The number of nitrogens with zero attached hydrogens (tertiary/aromatic N) is 2. The highest BCUT2D eigenvalue weighted by Gasteiger charge is 2.17. The number of rotatable bonds is 0. The maximum Gasteiger partial charge on any atom is 0.0733 e. The van der Waals surface area contributed by atoms with E-state index in [2.05, 4.69) is 12.0 Å². The van der Waals surface area contributed by atoms with E-state index in [9.17, 15) is 0 Å². The molecule has 1 atom stereocenters. The van der Waals surface area contributed by atoms with Crippen molar-refractivity contribution in [3.63, 3.8) is 0 Å². The first-order chi connectivity index (χ1) is 5.27. The molecule has 11 heavy (non-hydrogen) atoms. The summed E-state index contributed by atoms with van der Waals surface area (Å²) >= 11 is 0. The van der Waals surface area contributed by atoms with Gasteiger partial charge in [0.1, 0.15) is 0 Å². The molecule has 1 aromatic heterocycles. The molecule has 3 nitrogen and oxygen atoms in total. The molecule has 2 heterocycles. The predicted molar refractivity (Wildman–Crippen MR) is 44.1 cm³/mol. The zero-order valence-corrected chi connectivity index (χ0v) is 6.75. The monoisotopic (exact) mass is 151 g/mol. The summed E-state index contributed by atoms with van der Waals surface area (Å²) in [6, 6.07) is 0. The Kier molecular flexibility index (Phi) is 1.37.